The molecular weight excluding hydrogens is 112 g/mol. The molecular formula is C3H8N2OS. The largest absolute Gasteiger partial charge is 0.369 e. The van der Waals surface area contributed by atoms with E-state index in [9.17, 15) is 4.79 Å². The topological polar surface area (TPSA) is 55.1 Å². The SMILES string of the molecule is CNSCC(N)=O. The van der Waals surface area contributed by atoms with Crippen LogP contribution < -0.4 is 10.5 Å². The van der Waals surface area contributed by atoms with Crippen LogP contribution in [0.25, 0.3) is 0 Å². The summed E-state index contributed by atoms with van der Waals surface area (Å²) in [4.78, 5) is 9.92. The van der Waals surface area contributed by atoms with Crippen LogP contribution in [0, 0.1) is 0 Å². The van der Waals surface area contributed by atoms with E-state index in [0.717, 1.165) is 0 Å². The average Bonchev–Trinajstić information content (AvgIpc) is 1.61. The highest BCUT2D eigenvalue weighted by molar-refractivity contribution is 7.98. The molecule has 7 heavy (non-hydrogen) atoms. The van der Waals surface area contributed by atoms with Crippen molar-refractivity contribution in [3.05, 3.63) is 0 Å². The first-order valence-corrected chi connectivity index (χ1v) is 2.82. The molecule has 0 aromatic heterocycles. The fourth-order valence-corrected chi connectivity index (χ4v) is 0.430. The van der Waals surface area contributed by atoms with E-state index >= 15 is 0 Å². The number of nitrogens with two attached hydrogens (primary N) is 1. The van der Waals surface area contributed by atoms with Gasteiger partial charge >= 0.3 is 0 Å². The number of amides is 1. The van der Waals surface area contributed by atoms with Crippen LogP contribution >= 0.6 is 11.9 Å². The maximum absolute atomic E-state index is 9.92. The summed E-state index contributed by atoms with van der Waals surface area (Å²) in [5.74, 6) is 0.0515. The van der Waals surface area contributed by atoms with Crippen molar-refractivity contribution < 1.29 is 4.79 Å². The molecule has 42 valence electrons. The van der Waals surface area contributed by atoms with Crippen LogP contribution in [0.1, 0.15) is 0 Å². The summed E-state index contributed by atoms with van der Waals surface area (Å²) < 4.78 is 2.71. The molecule has 0 aromatic carbocycles. The number of primary amides is 1. The van der Waals surface area contributed by atoms with Crippen molar-refractivity contribution in [2.24, 2.45) is 5.73 Å². The van der Waals surface area contributed by atoms with Gasteiger partial charge in [0.1, 0.15) is 0 Å². The lowest BCUT2D eigenvalue weighted by molar-refractivity contribution is -0.115. The Morgan fingerprint density at radius 1 is 2.00 bits per heavy atom. The molecule has 0 heterocycles. The first-order valence-electron chi connectivity index (χ1n) is 1.84. The van der Waals surface area contributed by atoms with Gasteiger partial charge in [0.25, 0.3) is 0 Å². The molecule has 0 bridgehead atoms. The number of carbonyl (C=O) groups is 1. The minimum Gasteiger partial charge on any atom is -0.369 e. The molecule has 0 spiro atoms. The first kappa shape index (κ1) is 6.78. The van der Waals surface area contributed by atoms with E-state index in [1.54, 1.807) is 7.05 Å². The number of nitrogens with one attached hydrogen (secondary N) is 1. The second-order valence-corrected chi connectivity index (χ2v) is 1.94. The van der Waals surface area contributed by atoms with Crippen molar-refractivity contribution in [1.82, 2.24) is 4.72 Å². The Kier molecular flexibility index (Phi) is 3.83. The second-order valence-electron chi connectivity index (χ2n) is 0.959. The van der Waals surface area contributed by atoms with E-state index in [4.69, 9.17) is 5.73 Å². The van der Waals surface area contributed by atoms with Gasteiger partial charge in [0.05, 0.1) is 5.75 Å². The maximum atomic E-state index is 9.92. The third-order valence-corrected chi connectivity index (χ3v) is 1.08. The Morgan fingerprint density at radius 2 is 2.57 bits per heavy atom. The smallest absolute Gasteiger partial charge is 0.228 e. The number of carbonyl (C=O) groups excluding carboxylic acids is 1. The van der Waals surface area contributed by atoms with E-state index in [-0.39, 0.29) is 5.91 Å². The predicted octanol–water partition coefficient (Wildman–Crippen LogP) is -0.661. The molecule has 1 amide bonds. The van der Waals surface area contributed by atoms with E-state index < -0.39 is 0 Å². The van der Waals surface area contributed by atoms with Crippen molar-refractivity contribution in [2.45, 2.75) is 0 Å². The van der Waals surface area contributed by atoms with Crippen molar-refractivity contribution in [2.75, 3.05) is 12.8 Å². The average molecular weight is 120 g/mol. The summed E-state index contributed by atoms with van der Waals surface area (Å²) >= 11 is 1.29. The van der Waals surface area contributed by atoms with Crippen LogP contribution in [0.4, 0.5) is 0 Å². The Bertz CT molecular complexity index is 66.0. The van der Waals surface area contributed by atoms with Crippen molar-refractivity contribution in [3.8, 4) is 0 Å². The fourth-order valence-electron chi connectivity index (χ4n) is 0.143. The highest BCUT2D eigenvalue weighted by atomic mass is 32.2. The predicted molar refractivity (Wildman–Crippen MR) is 30.7 cm³/mol. The summed E-state index contributed by atoms with van der Waals surface area (Å²) in [6.07, 6.45) is 0. The molecule has 0 aromatic rings. The zero-order chi connectivity index (χ0) is 5.70. The lowest BCUT2D eigenvalue weighted by Gasteiger charge is -1.89. The van der Waals surface area contributed by atoms with Gasteiger partial charge in [-0.1, -0.05) is 11.9 Å². The van der Waals surface area contributed by atoms with Gasteiger partial charge in [0, 0.05) is 0 Å². The van der Waals surface area contributed by atoms with E-state index in [2.05, 4.69) is 4.72 Å². The lowest BCUT2D eigenvalue weighted by atomic mass is 10.8. The molecule has 3 nitrogen and oxygen atoms in total. The standard InChI is InChI=1S/C3H8N2OS/c1-5-7-2-3(4)6/h5H,2H2,1H3,(H2,4,6). The molecule has 0 saturated carbocycles. The van der Waals surface area contributed by atoms with E-state index in [1.807, 2.05) is 0 Å². The summed E-state index contributed by atoms with van der Waals surface area (Å²) in [6, 6.07) is 0. The van der Waals surface area contributed by atoms with Crippen LogP contribution in [0.15, 0.2) is 0 Å². The van der Waals surface area contributed by atoms with Gasteiger partial charge in [0.2, 0.25) is 5.91 Å². The number of hydrogen-bond acceptors (Lipinski definition) is 3. The van der Waals surface area contributed by atoms with Gasteiger partial charge < -0.3 is 5.73 Å². The minimum atomic E-state index is -0.292. The molecule has 4 heteroatoms. The van der Waals surface area contributed by atoms with Crippen LogP contribution in [0.3, 0.4) is 0 Å². The van der Waals surface area contributed by atoms with Gasteiger partial charge in [-0.2, -0.15) is 0 Å². The summed E-state index contributed by atoms with van der Waals surface area (Å²) in [5.41, 5.74) is 4.78. The lowest BCUT2D eigenvalue weighted by Crippen LogP contribution is -2.15. The molecule has 0 fully saturated rings. The zero-order valence-corrected chi connectivity index (χ0v) is 4.92. The van der Waals surface area contributed by atoms with Gasteiger partial charge in [-0.25, -0.2) is 0 Å². The molecule has 0 atom stereocenters. The van der Waals surface area contributed by atoms with Gasteiger partial charge in [-0.05, 0) is 7.05 Å². The number of hydrogen-bond donors (Lipinski definition) is 2. The Morgan fingerprint density at radius 3 is 2.71 bits per heavy atom. The third-order valence-electron chi connectivity index (χ3n) is 0.359. The Balaban J connectivity index is 2.82. The van der Waals surface area contributed by atoms with Gasteiger partial charge in [-0.3, -0.25) is 9.52 Å². The molecule has 0 aliphatic heterocycles. The van der Waals surface area contributed by atoms with Crippen molar-refractivity contribution >= 4 is 17.9 Å². The fraction of sp³-hybridized carbons (Fsp3) is 0.667. The highest BCUT2D eigenvalue weighted by Gasteiger charge is 1.88. The summed E-state index contributed by atoms with van der Waals surface area (Å²) in [5, 5.41) is 0. The molecule has 0 saturated heterocycles. The normalized spacial score (nSPS) is 8.71. The van der Waals surface area contributed by atoms with Crippen molar-refractivity contribution in [3.63, 3.8) is 0 Å². The Hall–Kier alpha value is -0.220. The van der Waals surface area contributed by atoms with Gasteiger partial charge in [-0.15, -0.1) is 0 Å². The third kappa shape index (κ3) is 5.78. The zero-order valence-electron chi connectivity index (χ0n) is 4.10. The molecule has 0 aliphatic rings. The maximum Gasteiger partial charge on any atom is 0.228 e. The molecule has 0 radical (unpaired) electrons. The monoisotopic (exact) mass is 120 g/mol. The van der Waals surface area contributed by atoms with Crippen LogP contribution in [-0.4, -0.2) is 18.7 Å². The van der Waals surface area contributed by atoms with Crippen LogP contribution in [0.2, 0.25) is 0 Å². The first-order chi connectivity index (χ1) is 3.27. The Labute approximate surface area is 46.8 Å². The van der Waals surface area contributed by atoms with Gasteiger partial charge in [0.15, 0.2) is 0 Å². The number of rotatable bonds is 3. The molecule has 0 aliphatic carbocycles. The molecule has 0 rings (SSSR count). The summed E-state index contributed by atoms with van der Waals surface area (Å²) in [6.45, 7) is 0. The van der Waals surface area contributed by atoms with Crippen LogP contribution in [0.5, 0.6) is 0 Å². The highest BCUT2D eigenvalue weighted by Crippen LogP contribution is 1.85. The summed E-state index contributed by atoms with van der Waals surface area (Å²) in [7, 11) is 1.74. The van der Waals surface area contributed by atoms with Crippen molar-refractivity contribution in [1.29, 1.82) is 0 Å². The molecule has 0 unspecified atom stereocenters. The van der Waals surface area contributed by atoms with E-state index in [1.165, 1.54) is 11.9 Å². The van der Waals surface area contributed by atoms with Crippen LogP contribution in [-0.2, 0) is 4.79 Å². The molecule has 3 N–H and O–H groups in total. The minimum absolute atomic E-state index is 0.292. The van der Waals surface area contributed by atoms with E-state index in [0.29, 0.717) is 5.75 Å². The quantitative estimate of drug-likeness (QED) is 0.486. The second kappa shape index (κ2) is 3.95.